The van der Waals surface area contributed by atoms with Crippen LogP contribution >= 0.6 is 0 Å². The van der Waals surface area contributed by atoms with Crippen LogP contribution in [0.5, 0.6) is 0 Å². The van der Waals surface area contributed by atoms with Gasteiger partial charge in [0.05, 0.1) is 10.4 Å². The second-order valence-electron chi connectivity index (χ2n) is 7.25. The fourth-order valence-corrected chi connectivity index (χ4v) is 4.80. The molecule has 3 aromatic rings. The van der Waals surface area contributed by atoms with Crippen LogP contribution in [0.4, 0.5) is 0 Å². The van der Waals surface area contributed by atoms with E-state index >= 15 is 0 Å². The van der Waals surface area contributed by atoms with Crippen LogP contribution in [0.3, 0.4) is 0 Å². The zero-order valence-corrected chi connectivity index (χ0v) is 16.0. The molecule has 0 amide bonds. The third kappa shape index (κ3) is 3.36. The van der Waals surface area contributed by atoms with E-state index in [-0.39, 0.29) is 0 Å². The molecule has 0 saturated heterocycles. The molecule has 0 N–H and O–H groups in total. The van der Waals surface area contributed by atoms with Gasteiger partial charge in [-0.05, 0) is 48.9 Å². The van der Waals surface area contributed by atoms with E-state index in [1.54, 1.807) is 12.1 Å². The molecule has 2 aromatic carbocycles. The Hall–Kier alpha value is -2.07. The topological polar surface area (TPSA) is 39.1 Å². The van der Waals surface area contributed by atoms with Gasteiger partial charge < -0.3 is 0 Å². The minimum Gasteiger partial charge on any atom is -0.241 e. The van der Waals surface area contributed by atoms with Crippen LogP contribution in [0.2, 0.25) is 0 Å². The average Bonchev–Trinajstić information content (AvgIpc) is 2.95. The Labute approximate surface area is 150 Å². The van der Waals surface area contributed by atoms with E-state index in [4.69, 9.17) is 0 Å². The number of aryl methyl sites for hydroxylation is 1. The fraction of sp³-hybridized carbons (Fsp3) is 0.333. The van der Waals surface area contributed by atoms with Gasteiger partial charge in [0, 0.05) is 11.6 Å². The lowest BCUT2D eigenvalue weighted by molar-refractivity contribution is 0.525. The molecule has 1 atom stereocenters. The van der Waals surface area contributed by atoms with E-state index in [9.17, 15) is 8.42 Å². The largest absolute Gasteiger partial charge is 0.268 e. The monoisotopic (exact) mass is 355 g/mol. The van der Waals surface area contributed by atoms with E-state index in [0.717, 1.165) is 28.5 Å². The molecule has 0 radical (unpaired) electrons. The smallest absolute Gasteiger partial charge is 0.241 e. The maximum atomic E-state index is 13.2. The number of fused-ring (bicyclic) bond motifs is 1. The molecule has 0 bridgehead atoms. The average molecular weight is 356 g/mol. The van der Waals surface area contributed by atoms with Crippen molar-refractivity contribution in [3.63, 3.8) is 0 Å². The summed E-state index contributed by atoms with van der Waals surface area (Å²) in [5.41, 5.74) is 2.89. The minimum atomic E-state index is -3.61. The van der Waals surface area contributed by atoms with E-state index in [1.165, 1.54) is 3.97 Å². The van der Waals surface area contributed by atoms with E-state index < -0.39 is 10.0 Å². The third-order valence-corrected chi connectivity index (χ3v) is 6.33. The van der Waals surface area contributed by atoms with Crippen LogP contribution in [0, 0.1) is 12.8 Å². The quantitative estimate of drug-likeness (QED) is 0.620. The summed E-state index contributed by atoms with van der Waals surface area (Å²) in [5.74, 6) is 0.866. The number of benzene rings is 2. The summed E-state index contributed by atoms with van der Waals surface area (Å²) in [4.78, 5) is 0.321. The number of hydrogen-bond donors (Lipinski definition) is 0. The van der Waals surface area contributed by atoms with Gasteiger partial charge in [0.25, 0.3) is 10.0 Å². The molecule has 0 saturated carbocycles. The van der Waals surface area contributed by atoms with Gasteiger partial charge in [0.2, 0.25) is 0 Å². The maximum Gasteiger partial charge on any atom is 0.268 e. The van der Waals surface area contributed by atoms with Gasteiger partial charge in [-0.1, -0.05) is 56.7 Å². The minimum absolute atomic E-state index is 0.305. The number of hydrogen-bond acceptors (Lipinski definition) is 2. The van der Waals surface area contributed by atoms with Gasteiger partial charge in [-0.25, -0.2) is 12.4 Å². The summed E-state index contributed by atoms with van der Waals surface area (Å²) in [6.45, 7) is 8.51. The Bertz CT molecular complexity index is 982. The molecule has 3 nitrogen and oxygen atoms in total. The third-order valence-electron chi connectivity index (χ3n) is 4.64. The normalized spacial score (nSPS) is 13.5. The Morgan fingerprint density at radius 2 is 1.60 bits per heavy atom. The summed E-state index contributed by atoms with van der Waals surface area (Å²) in [6, 6.07) is 14.8. The van der Waals surface area contributed by atoms with Crippen molar-refractivity contribution in [3.05, 3.63) is 65.9 Å². The lowest BCUT2D eigenvalue weighted by Crippen LogP contribution is -2.12. The first kappa shape index (κ1) is 17.7. The molecule has 0 aliphatic heterocycles. The second-order valence-corrected chi connectivity index (χ2v) is 9.06. The van der Waals surface area contributed by atoms with E-state index in [2.05, 4.69) is 20.8 Å². The highest BCUT2D eigenvalue weighted by Gasteiger charge is 2.23. The summed E-state index contributed by atoms with van der Waals surface area (Å²) in [6.07, 6.45) is 2.84. The molecule has 0 unspecified atom stereocenters. The highest BCUT2D eigenvalue weighted by molar-refractivity contribution is 7.90. The van der Waals surface area contributed by atoms with E-state index in [0.29, 0.717) is 16.7 Å². The van der Waals surface area contributed by atoms with Crippen LogP contribution in [-0.4, -0.2) is 12.4 Å². The van der Waals surface area contributed by atoms with Crippen molar-refractivity contribution < 1.29 is 8.42 Å². The molecule has 0 fully saturated rings. The van der Waals surface area contributed by atoms with Crippen molar-refractivity contribution in [1.82, 2.24) is 3.97 Å². The van der Waals surface area contributed by atoms with Crippen LogP contribution in [0.15, 0.2) is 59.6 Å². The predicted octanol–water partition coefficient (Wildman–Crippen LogP) is 5.34. The Morgan fingerprint density at radius 1 is 0.960 bits per heavy atom. The molecule has 0 spiro atoms. The molecule has 1 heterocycles. The number of para-hydroxylation sites is 1. The first-order chi connectivity index (χ1) is 11.8. The van der Waals surface area contributed by atoms with Crippen molar-refractivity contribution in [2.45, 2.75) is 44.9 Å². The molecule has 25 heavy (non-hydrogen) atoms. The molecule has 1 aromatic heterocycles. The van der Waals surface area contributed by atoms with Gasteiger partial charge >= 0.3 is 0 Å². The van der Waals surface area contributed by atoms with Crippen LogP contribution < -0.4 is 0 Å². The highest BCUT2D eigenvalue weighted by Crippen LogP contribution is 2.33. The van der Waals surface area contributed by atoms with Gasteiger partial charge in [-0.15, -0.1) is 0 Å². The van der Waals surface area contributed by atoms with Crippen LogP contribution in [0.1, 0.15) is 44.2 Å². The summed E-state index contributed by atoms with van der Waals surface area (Å²) in [5, 5.41) is 1.02. The first-order valence-corrected chi connectivity index (χ1v) is 10.2. The number of nitrogens with zero attached hydrogens (tertiary/aromatic N) is 1. The SMILES string of the molecule is Cc1ccc(S(=O)(=O)n2cc([C@@H](C)CC(C)C)c3ccccc32)cc1. The number of rotatable bonds is 5. The second kappa shape index (κ2) is 6.68. The van der Waals surface area contributed by atoms with Gasteiger partial charge in [0.1, 0.15) is 0 Å². The summed E-state index contributed by atoms with van der Waals surface area (Å²) >= 11 is 0. The standard InChI is InChI=1S/C21H25NO2S/c1-15(2)13-17(4)20-14-22(21-8-6-5-7-19(20)21)25(23,24)18-11-9-16(3)10-12-18/h5-12,14-15,17H,13H2,1-4H3/t17-/m0/s1. The molecule has 132 valence electrons. The highest BCUT2D eigenvalue weighted by atomic mass is 32.2. The van der Waals surface area contributed by atoms with Crippen molar-refractivity contribution >= 4 is 20.9 Å². The van der Waals surface area contributed by atoms with Crippen molar-refractivity contribution in [2.24, 2.45) is 5.92 Å². The van der Waals surface area contributed by atoms with Gasteiger partial charge in [0.15, 0.2) is 0 Å². The van der Waals surface area contributed by atoms with Crippen molar-refractivity contribution in [2.75, 3.05) is 0 Å². The lowest BCUT2D eigenvalue weighted by atomic mass is 9.92. The van der Waals surface area contributed by atoms with Gasteiger partial charge in [-0.2, -0.15) is 0 Å². The number of aromatic nitrogens is 1. The fourth-order valence-electron chi connectivity index (χ4n) is 3.42. The van der Waals surface area contributed by atoms with Gasteiger partial charge in [-0.3, -0.25) is 0 Å². The molecular formula is C21H25NO2S. The zero-order valence-electron chi connectivity index (χ0n) is 15.2. The molecular weight excluding hydrogens is 330 g/mol. The molecule has 0 aliphatic rings. The Balaban J connectivity index is 2.18. The van der Waals surface area contributed by atoms with E-state index in [1.807, 2.05) is 49.5 Å². The first-order valence-electron chi connectivity index (χ1n) is 8.73. The Morgan fingerprint density at radius 3 is 2.24 bits per heavy atom. The molecule has 4 heteroatoms. The summed E-state index contributed by atoms with van der Waals surface area (Å²) in [7, 11) is -3.61. The Kier molecular flexibility index (Phi) is 4.74. The molecule has 0 aliphatic carbocycles. The van der Waals surface area contributed by atoms with Crippen LogP contribution in [0.25, 0.3) is 10.9 Å². The summed E-state index contributed by atoms with van der Waals surface area (Å²) < 4.78 is 27.8. The van der Waals surface area contributed by atoms with Crippen molar-refractivity contribution in [3.8, 4) is 0 Å². The maximum absolute atomic E-state index is 13.2. The molecule has 3 rings (SSSR count). The zero-order chi connectivity index (χ0) is 18.2. The lowest BCUT2D eigenvalue weighted by Gasteiger charge is -2.13. The predicted molar refractivity (Wildman–Crippen MR) is 104 cm³/mol. The van der Waals surface area contributed by atoms with Crippen molar-refractivity contribution in [1.29, 1.82) is 0 Å². The van der Waals surface area contributed by atoms with Crippen LogP contribution in [-0.2, 0) is 10.0 Å².